The molecule has 2 heterocycles. The molecule has 1 aromatic carbocycles. The van der Waals surface area contributed by atoms with E-state index in [1.54, 1.807) is 11.3 Å². The molecular weight excluding hydrogens is 332 g/mol. The maximum absolute atomic E-state index is 12.8. The minimum atomic E-state index is 0.193. The number of rotatable bonds is 7. The lowest BCUT2D eigenvalue weighted by atomic mass is 10.2. The van der Waals surface area contributed by atoms with Crippen molar-refractivity contribution in [1.82, 2.24) is 9.55 Å². The first-order chi connectivity index (χ1) is 12.2. The molecule has 6 heteroatoms. The summed E-state index contributed by atoms with van der Waals surface area (Å²) in [6, 6.07) is 10.1. The summed E-state index contributed by atoms with van der Waals surface area (Å²) < 4.78 is 3.24. The number of hydrogen-bond acceptors (Lipinski definition) is 4. The molecule has 5 nitrogen and oxygen atoms in total. The fourth-order valence-corrected chi connectivity index (χ4v) is 4.04. The van der Waals surface area contributed by atoms with E-state index in [0.717, 1.165) is 46.7 Å². The number of anilines is 1. The first-order valence-corrected chi connectivity index (χ1v) is 9.58. The maximum atomic E-state index is 12.8. The second kappa shape index (κ2) is 6.98. The summed E-state index contributed by atoms with van der Waals surface area (Å²) in [6.07, 6.45) is 7.04. The number of amides is 1. The number of aromatic nitrogens is 2. The lowest BCUT2D eigenvalue weighted by molar-refractivity contribution is -0.119. The number of nitrogens with two attached hydrogens (primary N) is 1. The van der Waals surface area contributed by atoms with Crippen LogP contribution in [0, 0.1) is 5.92 Å². The van der Waals surface area contributed by atoms with Gasteiger partial charge in [-0.25, -0.2) is 4.98 Å². The molecule has 0 saturated heterocycles. The zero-order valence-corrected chi connectivity index (χ0v) is 14.9. The summed E-state index contributed by atoms with van der Waals surface area (Å²) in [5.41, 5.74) is 7.77. The van der Waals surface area contributed by atoms with E-state index in [4.69, 9.17) is 10.7 Å². The van der Waals surface area contributed by atoms with Crippen LogP contribution in [0.4, 0.5) is 5.13 Å². The summed E-state index contributed by atoms with van der Waals surface area (Å²) in [7, 11) is 0. The molecule has 1 saturated carbocycles. The highest BCUT2D eigenvalue weighted by Crippen LogP contribution is 2.36. The summed E-state index contributed by atoms with van der Waals surface area (Å²) in [4.78, 5) is 19.4. The normalized spacial score (nSPS) is 14.1. The molecule has 4 rings (SSSR count). The Hall–Kier alpha value is -2.18. The van der Waals surface area contributed by atoms with E-state index in [9.17, 15) is 4.79 Å². The topological polar surface area (TPSA) is 64.2 Å². The molecule has 1 amide bonds. The highest BCUT2D eigenvalue weighted by molar-refractivity contribution is 7.22. The fraction of sp³-hybridized carbons (Fsp3) is 0.368. The predicted octanol–water partition coefficient (Wildman–Crippen LogP) is 3.39. The van der Waals surface area contributed by atoms with Gasteiger partial charge >= 0.3 is 0 Å². The molecule has 1 aliphatic carbocycles. The van der Waals surface area contributed by atoms with Crippen LogP contribution in [0.3, 0.4) is 0 Å². The lowest BCUT2D eigenvalue weighted by Gasteiger charge is -2.19. The Morgan fingerprint density at radius 2 is 2.12 bits per heavy atom. The lowest BCUT2D eigenvalue weighted by Crippen LogP contribution is -2.33. The summed E-state index contributed by atoms with van der Waals surface area (Å²) >= 11 is 1.59. The van der Waals surface area contributed by atoms with Crippen LogP contribution in [0.25, 0.3) is 10.2 Å². The van der Waals surface area contributed by atoms with Crippen LogP contribution in [0.2, 0.25) is 0 Å². The standard InChI is InChI=1S/C19H22N4OS/c20-13-14-4-7-16-17(12-14)25-19(21-16)23(18(24)15-5-6-15)11-3-10-22-8-1-2-9-22/h1-2,4,7-9,12,15H,3,5-6,10-11,13,20H2. The Kier molecular flexibility index (Phi) is 4.55. The monoisotopic (exact) mass is 354 g/mol. The third-order valence-electron chi connectivity index (χ3n) is 4.57. The number of aryl methyl sites for hydroxylation is 1. The Bertz CT molecular complexity index is 867. The van der Waals surface area contributed by atoms with E-state index in [1.807, 2.05) is 29.2 Å². The van der Waals surface area contributed by atoms with Gasteiger partial charge in [0, 0.05) is 37.9 Å². The van der Waals surface area contributed by atoms with Crippen LogP contribution in [-0.2, 0) is 17.9 Å². The molecule has 2 aromatic heterocycles. The third-order valence-corrected chi connectivity index (χ3v) is 5.61. The second-order valence-corrected chi connectivity index (χ2v) is 7.55. The van der Waals surface area contributed by atoms with Crippen molar-refractivity contribution in [3.63, 3.8) is 0 Å². The smallest absolute Gasteiger partial charge is 0.231 e. The molecule has 0 aliphatic heterocycles. The third kappa shape index (κ3) is 3.60. The number of hydrogen-bond donors (Lipinski definition) is 1. The molecule has 25 heavy (non-hydrogen) atoms. The Balaban J connectivity index is 1.55. The van der Waals surface area contributed by atoms with E-state index in [1.165, 1.54) is 0 Å². The fourth-order valence-electron chi connectivity index (χ4n) is 2.98. The van der Waals surface area contributed by atoms with Crippen LogP contribution in [-0.4, -0.2) is 22.0 Å². The van der Waals surface area contributed by atoms with Crippen molar-refractivity contribution in [1.29, 1.82) is 0 Å². The van der Waals surface area contributed by atoms with E-state index < -0.39 is 0 Å². The molecule has 0 bridgehead atoms. The molecule has 1 aliphatic rings. The Morgan fingerprint density at radius 1 is 1.32 bits per heavy atom. The zero-order chi connectivity index (χ0) is 17.2. The molecule has 130 valence electrons. The van der Waals surface area contributed by atoms with E-state index in [0.29, 0.717) is 13.1 Å². The van der Waals surface area contributed by atoms with Crippen molar-refractivity contribution in [2.75, 3.05) is 11.4 Å². The van der Waals surface area contributed by atoms with Gasteiger partial charge in [-0.15, -0.1) is 0 Å². The molecule has 0 atom stereocenters. The largest absolute Gasteiger partial charge is 0.354 e. The molecule has 3 aromatic rings. The van der Waals surface area contributed by atoms with Crippen LogP contribution in [0.15, 0.2) is 42.7 Å². The average molecular weight is 354 g/mol. The molecular formula is C19H22N4OS. The minimum absolute atomic E-state index is 0.193. The van der Waals surface area contributed by atoms with Gasteiger partial charge in [0.2, 0.25) is 5.91 Å². The van der Waals surface area contributed by atoms with Crippen molar-refractivity contribution in [3.05, 3.63) is 48.3 Å². The van der Waals surface area contributed by atoms with Crippen molar-refractivity contribution >= 4 is 32.6 Å². The van der Waals surface area contributed by atoms with Gasteiger partial charge in [-0.3, -0.25) is 9.69 Å². The van der Waals surface area contributed by atoms with E-state index in [2.05, 4.69) is 23.0 Å². The van der Waals surface area contributed by atoms with Gasteiger partial charge in [-0.1, -0.05) is 17.4 Å². The van der Waals surface area contributed by atoms with Crippen molar-refractivity contribution in [2.24, 2.45) is 11.7 Å². The summed E-state index contributed by atoms with van der Waals surface area (Å²) in [5.74, 6) is 0.420. The van der Waals surface area contributed by atoms with Crippen molar-refractivity contribution < 1.29 is 4.79 Å². The zero-order valence-electron chi connectivity index (χ0n) is 14.1. The molecule has 1 fully saturated rings. The second-order valence-electron chi connectivity index (χ2n) is 6.54. The number of nitrogens with zero attached hydrogens (tertiary/aromatic N) is 3. The van der Waals surface area contributed by atoms with Crippen LogP contribution in [0.5, 0.6) is 0 Å². The van der Waals surface area contributed by atoms with Gasteiger partial charge in [-0.05, 0) is 49.1 Å². The minimum Gasteiger partial charge on any atom is -0.354 e. The van der Waals surface area contributed by atoms with Gasteiger partial charge in [0.25, 0.3) is 0 Å². The maximum Gasteiger partial charge on any atom is 0.231 e. The molecule has 0 unspecified atom stereocenters. The number of fused-ring (bicyclic) bond motifs is 1. The van der Waals surface area contributed by atoms with Gasteiger partial charge in [-0.2, -0.15) is 0 Å². The van der Waals surface area contributed by atoms with E-state index in [-0.39, 0.29) is 11.8 Å². The Morgan fingerprint density at radius 3 is 2.84 bits per heavy atom. The van der Waals surface area contributed by atoms with E-state index >= 15 is 0 Å². The molecule has 0 radical (unpaired) electrons. The van der Waals surface area contributed by atoms with Crippen LogP contribution >= 0.6 is 11.3 Å². The first-order valence-electron chi connectivity index (χ1n) is 8.76. The average Bonchev–Trinajstić information content (AvgIpc) is 3.19. The predicted molar refractivity (Wildman–Crippen MR) is 102 cm³/mol. The summed E-state index contributed by atoms with van der Waals surface area (Å²) in [6.45, 7) is 2.13. The number of thiazole rings is 1. The van der Waals surface area contributed by atoms with Crippen molar-refractivity contribution in [3.8, 4) is 0 Å². The number of carbonyl (C=O) groups excluding carboxylic acids is 1. The van der Waals surface area contributed by atoms with Crippen LogP contribution in [0.1, 0.15) is 24.8 Å². The molecule has 2 N–H and O–H groups in total. The van der Waals surface area contributed by atoms with Crippen LogP contribution < -0.4 is 10.6 Å². The van der Waals surface area contributed by atoms with Gasteiger partial charge in [0.05, 0.1) is 10.2 Å². The first kappa shape index (κ1) is 16.3. The number of carbonyl (C=O) groups is 1. The molecule has 0 spiro atoms. The summed E-state index contributed by atoms with van der Waals surface area (Å²) in [5, 5.41) is 0.813. The highest BCUT2D eigenvalue weighted by Gasteiger charge is 2.35. The quantitative estimate of drug-likeness (QED) is 0.707. The van der Waals surface area contributed by atoms with Crippen molar-refractivity contribution in [2.45, 2.75) is 32.4 Å². The number of benzene rings is 1. The SMILES string of the molecule is NCc1ccc2nc(N(CCCn3cccc3)C(=O)C3CC3)sc2c1. The Labute approximate surface area is 151 Å². The highest BCUT2D eigenvalue weighted by atomic mass is 32.1. The van der Waals surface area contributed by atoms with Gasteiger partial charge in [0.1, 0.15) is 0 Å². The van der Waals surface area contributed by atoms with Gasteiger partial charge in [0.15, 0.2) is 5.13 Å². The van der Waals surface area contributed by atoms with Gasteiger partial charge < -0.3 is 10.3 Å².